The minimum absolute atomic E-state index is 0.265. The van der Waals surface area contributed by atoms with Crippen LogP contribution in [0.25, 0.3) is 0 Å². The first-order chi connectivity index (χ1) is 10.2. The molecule has 0 saturated heterocycles. The summed E-state index contributed by atoms with van der Waals surface area (Å²) in [6.07, 6.45) is 6.56. The Balaban J connectivity index is 1.76. The minimum Gasteiger partial charge on any atom is -0.296 e. The van der Waals surface area contributed by atoms with Crippen molar-refractivity contribution in [2.24, 2.45) is 5.92 Å². The molecular weight excluding hydrogens is 271 g/mol. The largest absolute Gasteiger partial charge is 0.441 e. The SMILES string of the molecule is O=c1onc(Cc2ccc(F)cc2)n1CC1CCCCC1. The van der Waals surface area contributed by atoms with Crippen molar-refractivity contribution in [1.29, 1.82) is 0 Å². The predicted octanol–water partition coefficient (Wildman–Crippen LogP) is 3.15. The summed E-state index contributed by atoms with van der Waals surface area (Å²) in [5.41, 5.74) is 0.919. The number of rotatable bonds is 4. The zero-order chi connectivity index (χ0) is 14.7. The van der Waals surface area contributed by atoms with Gasteiger partial charge in [0.05, 0.1) is 0 Å². The van der Waals surface area contributed by atoms with Crippen LogP contribution < -0.4 is 5.76 Å². The first-order valence-electron chi connectivity index (χ1n) is 7.52. The van der Waals surface area contributed by atoms with Crippen LogP contribution >= 0.6 is 0 Å². The maximum atomic E-state index is 12.9. The van der Waals surface area contributed by atoms with Gasteiger partial charge >= 0.3 is 5.76 Å². The standard InChI is InChI=1S/C16H19FN2O2/c17-14-8-6-12(7-9-14)10-15-18-21-16(20)19(15)11-13-4-2-1-3-5-13/h6-9,13H,1-5,10-11H2. The number of benzene rings is 1. The molecule has 1 aromatic heterocycles. The van der Waals surface area contributed by atoms with E-state index in [1.165, 1.54) is 31.4 Å². The van der Waals surface area contributed by atoms with Crippen molar-refractivity contribution >= 4 is 0 Å². The van der Waals surface area contributed by atoms with Crippen LogP contribution in [0.15, 0.2) is 33.6 Å². The maximum absolute atomic E-state index is 12.9. The Morgan fingerprint density at radius 1 is 1.19 bits per heavy atom. The van der Waals surface area contributed by atoms with Crippen molar-refractivity contribution in [1.82, 2.24) is 9.72 Å². The van der Waals surface area contributed by atoms with Gasteiger partial charge in [0, 0.05) is 13.0 Å². The highest BCUT2D eigenvalue weighted by Crippen LogP contribution is 2.25. The van der Waals surface area contributed by atoms with Crippen molar-refractivity contribution in [3.63, 3.8) is 0 Å². The average Bonchev–Trinajstić information content (AvgIpc) is 2.84. The first kappa shape index (κ1) is 14.0. The smallest absolute Gasteiger partial charge is 0.296 e. The van der Waals surface area contributed by atoms with Gasteiger partial charge in [-0.3, -0.25) is 9.09 Å². The molecule has 0 amide bonds. The molecule has 5 heteroatoms. The molecule has 4 nitrogen and oxygen atoms in total. The molecule has 1 saturated carbocycles. The van der Waals surface area contributed by atoms with E-state index in [4.69, 9.17) is 4.52 Å². The van der Waals surface area contributed by atoms with Gasteiger partial charge in [-0.2, -0.15) is 0 Å². The van der Waals surface area contributed by atoms with Crippen LogP contribution in [0.4, 0.5) is 4.39 Å². The molecule has 0 bridgehead atoms. The maximum Gasteiger partial charge on any atom is 0.441 e. The van der Waals surface area contributed by atoms with Gasteiger partial charge in [-0.25, -0.2) is 9.18 Å². The van der Waals surface area contributed by atoms with Crippen LogP contribution in [0, 0.1) is 11.7 Å². The normalized spacial score (nSPS) is 16.2. The molecule has 0 aliphatic heterocycles. The third-order valence-corrected chi connectivity index (χ3v) is 4.20. The van der Waals surface area contributed by atoms with Crippen LogP contribution in [-0.4, -0.2) is 9.72 Å². The lowest BCUT2D eigenvalue weighted by Crippen LogP contribution is -2.23. The van der Waals surface area contributed by atoms with E-state index in [9.17, 15) is 9.18 Å². The summed E-state index contributed by atoms with van der Waals surface area (Å²) >= 11 is 0. The summed E-state index contributed by atoms with van der Waals surface area (Å²) in [5, 5.41) is 3.88. The van der Waals surface area contributed by atoms with Gasteiger partial charge < -0.3 is 0 Å². The quantitative estimate of drug-likeness (QED) is 0.869. The van der Waals surface area contributed by atoms with Crippen LogP contribution in [0.1, 0.15) is 43.5 Å². The van der Waals surface area contributed by atoms with Gasteiger partial charge in [0.25, 0.3) is 0 Å². The van der Waals surface area contributed by atoms with Gasteiger partial charge in [0.1, 0.15) is 5.82 Å². The van der Waals surface area contributed by atoms with Crippen LogP contribution in [0.5, 0.6) is 0 Å². The molecule has 1 aliphatic rings. The highest BCUT2D eigenvalue weighted by atomic mass is 19.1. The Bertz CT molecular complexity index is 639. The number of nitrogens with zero attached hydrogens (tertiary/aromatic N) is 2. The fourth-order valence-corrected chi connectivity index (χ4v) is 3.02. The molecule has 112 valence electrons. The van der Waals surface area contributed by atoms with Crippen LogP contribution in [0.2, 0.25) is 0 Å². The number of aromatic nitrogens is 2. The Morgan fingerprint density at radius 2 is 1.90 bits per heavy atom. The predicted molar refractivity (Wildman–Crippen MR) is 76.5 cm³/mol. The summed E-state index contributed by atoms with van der Waals surface area (Å²) in [6, 6.07) is 6.25. The molecule has 21 heavy (non-hydrogen) atoms. The van der Waals surface area contributed by atoms with Crippen molar-refractivity contribution in [3.8, 4) is 0 Å². The molecule has 0 radical (unpaired) electrons. The van der Waals surface area contributed by atoms with Gasteiger partial charge in [0.15, 0.2) is 5.82 Å². The number of hydrogen-bond donors (Lipinski definition) is 0. The molecular formula is C16H19FN2O2. The second-order valence-electron chi connectivity index (χ2n) is 5.78. The topological polar surface area (TPSA) is 48.0 Å². The molecule has 0 spiro atoms. The summed E-state index contributed by atoms with van der Waals surface area (Å²) in [4.78, 5) is 11.8. The number of hydrogen-bond acceptors (Lipinski definition) is 3. The molecule has 3 rings (SSSR count). The lowest BCUT2D eigenvalue weighted by atomic mass is 9.89. The lowest BCUT2D eigenvalue weighted by Gasteiger charge is -2.21. The third kappa shape index (κ3) is 3.40. The third-order valence-electron chi connectivity index (χ3n) is 4.20. The molecule has 0 atom stereocenters. The number of halogens is 1. The van der Waals surface area contributed by atoms with Gasteiger partial charge in [-0.05, 0) is 36.5 Å². The van der Waals surface area contributed by atoms with Gasteiger partial charge in [-0.15, -0.1) is 0 Å². The van der Waals surface area contributed by atoms with Gasteiger partial charge in [0.2, 0.25) is 0 Å². The van der Waals surface area contributed by atoms with E-state index in [1.54, 1.807) is 16.7 Å². The van der Waals surface area contributed by atoms with Crippen molar-refractivity contribution in [2.75, 3.05) is 0 Å². The molecule has 0 N–H and O–H groups in total. The average molecular weight is 290 g/mol. The zero-order valence-electron chi connectivity index (χ0n) is 11.9. The Kier molecular flexibility index (Phi) is 4.18. The van der Waals surface area contributed by atoms with E-state index < -0.39 is 5.76 Å². The summed E-state index contributed by atoms with van der Waals surface area (Å²) in [6.45, 7) is 0.679. The molecule has 1 fully saturated rings. The van der Waals surface area contributed by atoms with E-state index in [0.29, 0.717) is 24.7 Å². The Morgan fingerprint density at radius 3 is 2.62 bits per heavy atom. The Hall–Kier alpha value is -1.91. The fourth-order valence-electron chi connectivity index (χ4n) is 3.02. The highest BCUT2D eigenvalue weighted by Gasteiger charge is 2.18. The summed E-state index contributed by atoms with van der Waals surface area (Å²) < 4.78 is 19.4. The monoisotopic (exact) mass is 290 g/mol. The molecule has 1 heterocycles. The van der Waals surface area contributed by atoms with E-state index in [0.717, 1.165) is 18.4 Å². The van der Waals surface area contributed by atoms with Gasteiger partial charge in [-0.1, -0.05) is 36.6 Å². The fraction of sp³-hybridized carbons (Fsp3) is 0.500. The highest BCUT2D eigenvalue weighted by molar-refractivity contribution is 5.19. The van der Waals surface area contributed by atoms with Crippen LogP contribution in [0.3, 0.4) is 0 Å². The van der Waals surface area contributed by atoms with Crippen molar-refractivity contribution < 1.29 is 8.91 Å². The molecule has 2 aromatic rings. The van der Waals surface area contributed by atoms with Crippen LogP contribution in [-0.2, 0) is 13.0 Å². The lowest BCUT2D eigenvalue weighted by molar-refractivity contribution is 0.303. The van der Waals surface area contributed by atoms with Crippen molar-refractivity contribution in [3.05, 3.63) is 52.0 Å². The summed E-state index contributed by atoms with van der Waals surface area (Å²) in [7, 11) is 0. The first-order valence-corrected chi connectivity index (χ1v) is 7.52. The minimum atomic E-state index is -0.391. The van der Waals surface area contributed by atoms with E-state index in [1.807, 2.05) is 0 Å². The molecule has 0 unspecified atom stereocenters. The Labute approximate surface area is 122 Å². The molecule has 1 aromatic carbocycles. The second-order valence-corrected chi connectivity index (χ2v) is 5.78. The van der Waals surface area contributed by atoms with Crippen molar-refractivity contribution in [2.45, 2.75) is 45.1 Å². The molecule has 1 aliphatic carbocycles. The van der Waals surface area contributed by atoms with E-state index in [-0.39, 0.29) is 5.82 Å². The van der Waals surface area contributed by atoms with E-state index >= 15 is 0 Å². The summed E-state index contributed by atoms with van der Waals surface area (Å²) in [5.74, 6) is 0.496. The van der Waals surface area contributed by atoms with E-state index in [2.05, 4.69) is 5.16 Å². The second kappa shape index (κ2) is 6.24. The zero-order valence-corrected chi connectivity index (χ0v) is 11.9.